The van der Waals surface area contributed by atoms with Gasteiger partial charge in [-0.25, -0.2) is 15.0 Å². The van der Waals surface area contributed by atoms with E-state index < -0.39 is 6.04 Å². The molecule has 7 rings (SSSR count). The molecule has 3 aromatic heterocycles. The Bertz CT molecular complexity index is 1970. The van der Waals surface area contributed by atoms with Crippen LogP contribution in [0, 0.1) is 12.3 Å². The van der Waals surface area contributed by atoms with Crippen molar-refractivity contribution in [1.29, 1.82) is 0 Å². The van der Waals surface area contributed by atoms with E-state index in [-0.39, 0.29) is 41.3 Å². The first-order valence-electron chi connectivity index (χ1n) is 14.1. The molecular formula is C32H28BrN7O3. The number of halogens is 1. The van der Waals surface area contributed by atoms with Crippen LogP contribution in [0.1, 0.15) is 43.0 Å². The summed E-state index contributed by atoms with van der Waals surface area (Å²) in [4.78, 5) is 55.0. The van der Waals surface area contributed by atoms with Crippen molar-refractivity contribution in [1.82, 2.24) is 29.6 Å². The lowest BCUT2D eigenvalue weighted by Gasteiger charge is -2.27. The van der Waals surface area contributed by atoms with Crippen LogP contribution in [0.25, 0.3) is 32.8 Å². The van der Waals surface area contributed by atoms with Gasteiger partial charge in [-0.2, -0.15) is 5.10 Å². The van der Waals surface area contributed by atoms with Gasteiger partial charge in [-0.1, -0.05) is 37.3 Å². The minimum atomic E-state index is -0.641. The van der Waals surface area contributed by atoms with Crippen molar-refractivity contribution in [3.05, 3.63) is 77.0 Å². The van der Waals surface area contributed by atoms with E-state index in [1.54, 1.807) is 22.0 Å². The van der Waals surface area contributed by atoms with Crippen LogP contribution in [0.3, 0.4) is 0 Å². The molecule has 4 heterocycles. The zero-order chi connectivity index (χ0) is 30.0. The summed E-state index contributed by atoms with van der Waals surface area (Å²) in [6.45, 7) is 5.31. The lowest BCUT2D eigenvalue weighted by atomic mass is 10.0. The van der Waals surface area contributed by atoms with Gasteiger partial charge in [0, 0.05) is 41.7 Å². The van der Waals surface area contributed by atoms with Crippen LogP contribution >= 0.6 is 15.9 Å². The standard InChI is InChI=1S/C32H28BrN7O3/c1-17(41)29-23-10-19(21-14-34-18(2)35-15-21)8-9-24(23)39(38-29)16-28(42)40-25(12-32(3)13-26(32)40)31(43)37-30-22-7-5-4-6-20(22)11-27(33)36-30/h4-11,14-15,25-26H,12-13,16H2,1-3H3,(H,36,37,43)/t25-,26+,32-/m0/s1. The fourth-order valence-corrected chi connectivity index (χ4v) is 6.74. The maximum Gasteiger partial charge on any atom is 0.248 e. The van der Waals surface area contributed by atoms with Crippen LogP contribution in [-0.4, -0.2) is 59.3 Å². The Morgan fingerprint density at radius 3 is 2.56 bits per heavy atom. The number of benzene rings is 2. The summed E-state index contributed by atoms with van der Waals surface area (Å²) in [6, 6.07) is 14.6. The van der Waals surface area contributed by atoms with E-state index in [1.807, 2.05) is 55.5 Å². The zero-order valence-corrected chi connectivity index (χ0v) is 25.4. The van der Waals surface area contributed by atoms with Gasteiger partial charge >= 0.3 is 0 Å². The van der Waals surface area contributed by atoms with E-state index in [9.17, 15) is 14.4 Å². The molecule has 2 aromatic carbocycles. The number of ketones is 1. The summed E-state index contributed by atoms with van der Waals surface area (Å²) in [7, 11) is 0. The van der Waals surface area contributed by atoms with Crippen LogP contribution in [-0.2, 0) is 16.1 Å². The van der Waals surface area contributed by atoms with Gasteiger partial charge in [-0.05, 0) is 70.3 Å². The average molecular weight is 639 g/mol. The third-order valence-corrected chi connectivity index (χ3v) is 9.07. The quantitative estimate of drug-likeness (QED) is 0.197. The summed E-state index contributed by atoms with van der Waals surface area (Å²) in [6.07, 6.45) is 4.90. The van der Waals surface area contributed by atoms with Crippen LogP contribution < -0.4 is 5.32 Å². The molecule has 2 aliphatic rings. The number of piperidine rings is 1. The van der Waals surface area contributed by atoms with Crippen molar-refractivity contribution in [2.24, 2.45) is 5.41 Å². The highest BCUT2D eigenvalue weighted by Crippen LogP contribution is 2.59. The van der Waals surface area contributed by atoms with Crippen molar-refractivity contribution in [2.45, 2.75) is 52.2 Å². The number of hydrogen-bond donors (Lipinski definition) is 1. The topological polar surface area (TPSA) is 123 Å². The first-order chi connectivity index (χ1) is 20.6. The summed E-state index contributed by atoms with van der Waals surface area (Å²) in [5.41, 5.74) is 2.51. The molecule has 0 radical (unpaired) electrons. The normalized spacial score (nSPS) is 20.8. The lowest BCUT2D eigenvalue weighted by molar-refractivity contribution is -0.138. The molecule has 10 nitrogen and oxygen atoms in total. The molecular weight excluding hydrogens is 610 g/mol. The molecule has 216 valence electrons. The Morgan fingerprint density at radius 2 is 1.79 bits per heavy atom. The molecule has 0 bridgehead atoms. The van der Waals surface area contributed by atoms with Crippen LogP contribution in [0.15, 0.2) is 65.5 Å². The maximum absolute atomic E-state index is 13.9. The number of hydrogen-bond acceptors (Lipinski definition) is 7. The number of pyridine rings is 1. The van der Waals surface area contributed by atoms with Crippen molar-refractivity contribution >= 4 is 61.0 Å². The van der Waals surface area contributed by atoms with Gasteiger partial charge in [-0.3, -0.25) is 19.1 Å². The zero-order valence-electron chi connectivity index (χ0n) is 23.8. The molecule has 5 aromatic rings. The average Bonchev–Trinajstić information content (AvgIpc) is 3.34. The number of carbonyl (C=O) groups excluding carboxylic acids is 3. The minimum absolute atomic E-state index is 0.0230. The third kappa shape index (κ3) is 4.77. The predicted molar refractivity (Wildman–Crippen MR) is 165 cm³/mol. The van der Waals surface area contributed by atoms with Gasteiger partial charge < -0.3 is 10.2 Å². The Hall–Kier alpha value is -4.51. The number of carbonyl (C=O) groups is 3. The number of likely N-dealkylation sites (tertiary alicyclic amines) is 1. The molecule has 1 N–H and O–H groups in total. The second-order valence-corrected chi connectivity index (χ2v) is 12.5. The SMILES string of the molecule is CC(=O)c1nn(CC(=O)N2[C@H](C(=O)Nc3nc(Br)cc4ccccc34)C[C@@]3(C)C[C@@H]23)c2ccc(-c3cnc(C)nc3)cc12. The molecule has 1 saturated heterocycles. The lowest BCUT2D eigenvalue weighted by Crippen LogP contribution is -2.46. The monoisotopic (exact) mass is 637 g/mol. The molecule has 3 atom stereocenters. The number of amides is 2. The van der Waals surface area contributed by atoms with Gasteiger partial charge in [0.15, 0.2) is 5.78 Å². The van der Waals surface area contributed by atoms with Gasteiger partial charge in [0.2, 0.25) is 11.8 Å². The van der Waals surface area contributed by atoms with Crippen LogP contribution in [0.5, 0.6) is 0 Å². The van der Waals surface area contributed by atoms with E-state index in [1.165, 1.54) is 6.92 Å². The van der Waals surface area contributed by atoms with Crippen molar-refractivity contribution in [3.8, 4) is 11.1 Å². The summed E-state index contributed by atoms with van der Waals surface area (Å²) in [5.74, 6) is 0.441. The number of aromatic nitrogens is 5. The van der Waals surface area contributed by atoms with Crippen LogP contribution in [0.4, 0.5) is 5.82 Å². The molecule has 1 aliphatic heterocycles. The van der Waals surface area contributed by atoms with Crippen molar-refractivity contribution < 1.29 is 14.4 Å². The number of nitrogens with one attached hydrogen (secondary N) is 1. The Kier molecular flexibility index (Phi) is 6.39. The molecule has 2 amide bonds. The molecule has 0 unspecified atom stereocenters. The highest BCUT2D eigenvalue weighted by Gasteiger charge is 2.64. The summed E-state index contributed by atoms with van der Waals surface area (Å²) < 4.78 is 2.18. The maximum atomic E-state index is 13.9. The highest BCUT2D eigenvalue weighted by molar-refractivity contribution is 9.10. The summed E-state index contributed by atoms with van der Waals surface area (Å²) >= 11 is 3.44. The van der Waals surface area contributed by atoms with E-state index in [4.69, 9.17) is 0 Å². The Labute approximate surface area is 255 Å². The fourth-order valence-electron chi connectivity index (χ4n) is 6.31. The predicted octanol–water partition coefficient (Wildman–Crippen LogP) is 5.33. The van der Waals surface area contributed by atoms with Gasteiger partial charge in [0.1, 0.15) is 34.5 Å². The molecule has 1 saturated carbocycles. The Morgan fingerprint density at radius 1 is 1.02 bits per heavy atom. The molecule has 1 aliphatic carbocycles. The molecule has 0 spiro atoms. The largest absolute Gasteiger partial charge is 0.325 e. The smallest absolute Gasteiger partial charge is 0.248 e. The van der Waals surface area contributed by atoms with Gasteiger partial charge in [0.25, 0.3) is 0 Å². The van der Waals surface area contributed by atoms with E-state index in [0.717, 1.165) is 28.3 Å². The molecule has 43 heavy (non-hydrogen) atoms. The van der Waals surface area contributed by atoms with E-state index in [2.05, 4.69) is 48.2 Å². The number of anilines is 1. The second-order valence-electron chi connectivity index (χ2n) is 11.7. The first-order valence-corrected chi connectivity index (χ1v) is 14.9. The number of aryl methyl sites for hydroxylation is 1. The van der Waals surface area contributed by atoms with Crippen molar-refractivity contribution in [2.75, 3.05) is 5.32 Å². The van der Waals surface area contributed by atoms with Crippen LogP contribution in [0.2, 0.25) is 0 Å². The second kappa shape index (κ2) is 10.0. The van der Waals surface area contributed by atoms with Gasteiger partial charge in [-0.15, -0.1) is 0 Å². The number of fused-ring (bicyclic) bond motifs is 3. The fraction of sp³-hybridized carbons (Fsp3) is 0.281. The number of rotatable bonds is 6. The molecule has 2 fully saturated rings. The van der Waals surface area contributed by atoms with Gasteiger partial charge in [0.05, 0.1) is 5.52 Å². The van der Waals surface area contributed by atoms with E-state index in [0.29, 0.717) is 33.6 Å². The van der Waals surface area contributed by atoms with E-state index >= 15 is 0 Å². The highest BCUT2D eigenvalue weighted by atomic mass is 79.9. The number of Topliss-reactive ketones (excluding diaryl/α,β-unsaturated/α-hetero) is 1. The minimum Gasteiger partial charge on any atom is -0.325 e. The Balaban J connectivity index is 1.18. The number of nitrogens with zero attached hydrogens (tertiary/aromatic N) is 6. The molecule has 11 heteroatoms. The first kappa shape index (κ1) is 27.3. The summed E-state index contributed by atoms with van der Waals surface area (Å²) in [5, 5.41) is 9.97. The van der Waals surface area contributed by atoms with Crippen molar-refractivity contribution in [3.63, 3.8) is 0 Å². The third-order valence-electron chi connectivity index (χ3n) is 8.66.